The van der Waals surface area contributed by atoms with Gasteiger partial charge in [-0.25, -0.2) is 0 Å². The summed E-state index contributed by atoms with van der Waals surface area (Å²) in [5, 5.41) is 0. The molecule has 0 saturated carbocycles. The fraction of sp³-hybridized carbons (Fsp3) is 0.647. The molecule has 2 heteroatoms. The zero-order valence-electron chi connectivity index (χ0n) is 12.7. The molecule has 0 radical (unpaired) electrons. The van der Waals surface area contributed by atoms with Gasteiger partial charge in [-0.15, -0.1) is 0 Å². The Kier molecular flexibility index (Phi) is 4.51. The van der Waals surface area contributed by atoms with E-state index in [1.54, 1.807) is 11.1 Å². The molecule has 1 aliphatic rings. The summed E-state index contributed by atoms with van der Waals surface area (Å²) in [5.41, 5.74) is 10.5. The summed E-state index contributed by atoms with van der Waals surface area (Å²) < 4.78 is 0. The lowest BCUT2D eigenvalue weighted by molar-refractivity contribution is 0.347. The molecule has 1 aromatic rings. The van der Waals surface area contributed by atoms with E-state index in [2.05, 4.69) is 44.0 Å². The minimum absolute atomic E-state index is 0.277. The molecule has 0 unspecified atom stereocenters. The molecule has 2 N–H and O–H groups in total. The maximum atomic E-state index is 5.70. The summed E-state index contributed by atoms with van der Waals surface area (Å²) in [6.45, 7) is 6.43. The van der Waals surface area contributed by atoms with E-state index in [1.807, 2.05) is 0 Å². The van der Waals surface area contributed by atoms with Crippen LogP contribution in [-0.4, -0.2) is 20.1 Å². The number of rotatable bonds is 5. The maximum Gasteiger partial charge on any atom is 0.0366 e. The molecule has 1 aromatic carbocycles. The summed E-state index contributed by atoms with van der Waals surface area (Å²) >= 11 is 0. The third-order valence-electron chi connectivity index (χ3n) is 4.26. The number of aryl methyl sites for hydroxylation is 2. The summed E-state index contributed by atoms with van der Waals surface area (Å²) in [6.07, 6.45) is 6.29. The Morgan fingerprint density at radius 1 is 1.16 bits per heavy atom. The number of benzene rings is 1. The lowest BCUT2D eigenvalue weighted by Gasteiger charge is -2.32. The first kappa shape index (κ1) is 14.4. The molecule has 0 aromatic heterocycles. The molecule has 2 rings (SSSR count). The van der Waals surface area contributed by atoms with Gasteiger partial charge in [0.25, 0.3) is 0 Å². The second-order valence-electron chi connectivity index (χ2n) is 6.72. The molecule has 19 heavy (non-hydrogen) atoms. The number of nitrogens with two attached hydrogens (primary N) is 1. The van der Waals surface area contributed by atoms with Crippen molar-refractivity contribution in [1.29, 1.82) is 0 Å². The van der Waals surface area contributed by atoms with E-state index in [-0.39, 0.29) is 5.41 Å². The van der Waals surface area contributed by atoms with Gasteiger partial charge >= 0.3 is 0 Å². The number of hydrogen-bond acceptors (Lipinski definition) is 2. The van der Waals surface area contributed by atoms with Crippen LogP contribution >= 0.6 is 0 Å². The van der Waals surface area contributed by atoms with Gasteiger partial charge in [-0.1, -0.05) is 19.9 Å². The van der Waals surface area contributed by atoms with Gasteiger partial charge in [-0.05, 0) is 67.3 Å². The van der Waals surface area contributed by atoms with Crippen molar-refractivity contribution in [1.82, 2.24) is 0 Å². The van der Waals surface area contributed by atoms with Crippen LogP contribution in [0.1, 0.15) is 44.2 Å². The van der Waals surface area contributed by atoms with E-state index in [1.165, 1.54) is 31.4 Å². The minimum atomic E-state index is 0.277. The van der Waals surface area contributed by atoms with Crippen molar-refractivity contribution < 1.29 is 0 Å². The van der Waals surface area contributed by atoms with Crippen LogP contribution in [0.15, 0.2) is 18.2 Å². The lowest BCUT2D eigenvalue weighted by Crippen LogP contribution is -2.33. The Hall–Kier alpha value is -1.02. The smallest absolute Gasteiger partial charge is 0.0366 e. The highest BCUT2D eigenvalue weighted by Crippen LogP contribution is 2.28. The van der Waals surface area contributed by atoms with Crippen LogP contribution in [-0.2, 0) is 12.8 Å². The third kappa shape index (κ3) is 3.73. The molecule has 0 amide bonds. The first-order valence-electron chi connectivity index (χ1n) is 7.55. The number of hydrogen-bond donors (Lipinski definition) is 1. The largest absolute Gasteiger partial charge is 0.374 e. The van der Waals surface area contributed by atoms with Crippen molar-refractivity contribution >= 4 is 5.69 Å². The predicted molar refractivity (Wildman–Crippen MR) is 83.8 cm³/mol. The summed E-state index contributed by atoms with van der Waals surface area (Å²) in [7, 11) is 2.20. The number of fused-ring (bicyclic) bond motifs is 1. The standard InChI is InChI=1S/C17H28N2/c1-17(2,10-11-18)13-19(3)16-9-8-14-6-4-5-7-15(14)12-16/h8-9,12H,4-7,10-11,13,18H2,1-3H3. The SMILES string of the molecule is CN(CC(C)(C)CCN)c1ccc2c(c1)CCCC2. The van der Waals surface area contributed by atoms with Crippen LogP contribution in [0.5, 0.6) is 0 Å². The molecule has 1 aliphatic carbocycles. The van der Waals surface area contributed by atoms with E-state index in [0.29, 0.717) is 0 Å². The second-order valence-corrected chi connectivity index (χ2v) is 6.72. The predicted octanol–water partition coefficient (Wildman–Crippen LogP) is 3.38. The van der Waals surface area contributed by atoms with E-state index in [9.17, 15) is 0 Å². The molecule has 2 nitrogen and oxygen atoms in total. The van der Waals surface area contributed by atoms with Gasteiger partial charge in [0.15, 0.2) is 0 Å². The van der Waals surface area contributed by atoms with E-state index in [0.717, 1.165) is 19.5 Å². The highest BCUT2D eigenvalue weighted by molar-refractivity contribution is 5.51. The van der Waals surface area contributed by atoms with Crippen molar-refractivity contribution in [3.05, 3.63) is 29.3 Å². The van der Waals surface area contributed by atoms with Crippen LogP contribution in [0.2, 0.25) is 0 Å². The monoisotopic (exact) mass is 260 g/mol. The Bertz CT molecular complexity index is 423. The zero-order chi connectivity index (χ0) is 13.9. The fourth-order valence-corrected chi connectivity index (χ4v) is 3.16. The average Bonchev–Trinajstić information content (AvgIpc) is 2.37. The van der Waals surface area contributed by atoms with Crippen molar-refractivity contribution in [2.75, 3.05) is 25.0 Å². The van der Waals surface area contributed by atoms with E-state index < -0.39 is 0 Å². The lowest BCUT2D eigenvalue weighted by atomic mass is 9.88. The quantitative estimate of drug-likeness (QED) is 0.879. The van der Waals surface area contributed by atoms with Gasteiger partial charge in [0, 0.05) is 19.3 Å². The van der Waals surface area contributed by atoms with Crippen LogP contribution in [0.3, 0.4) is 0 Å². The topological polar surface area (TPSA) is 29.3 Å². The second kappa shape index (κ2) is 5.96. The van der Waals surface area contributed by atoms with Gasteiger partial charge in [0.2, 0.25) is 0 Å². The molecule has 0 spiro atoms. The molecule has 0 heterocycles. The maximum absolute atomic E-state index is 5.70. The molecule has 0 bridgehead atoms. The van der Waals surface area contributed by atoms with Gasteiger partial charge in [0.05, 0.1) is 0 Å². The van der Waals surface area contributed by atoms with Crippen molar-refractivity contribution in [2.24, 2.45) is 11.1 Å². The minimum Gasteiger partial charge on any atom is -0.374 e. The summed E-state index contributed by atoms with van der Waals surface area (Å²) in [6, 6.07) is 7.01. The molecular weight excluding hydrogens is 232 g/mol. The zero-order valence-corrected chi connectivity index (χ0v) is 12.7. The van der Waals surface area contributed by atoms with Crippen LogP contribution in [0, 0.1) is 5.41 Å². The van der Waals surface area contributed by atoms with Gasteiger partial charge in [-0.3, -0.25) is 0 Å². The van der Waals surface area contributed by atoms with Crippen molar-refractivity contribution in [2.45, 2.75) is 46.0 Å². The molecule has 0 fully saturated rings. The Morgan fingerprint density at radius 2 is 1.84 bits per heavy atom. The molecule has 0 saturated heterocycles. The Labute approximate surface area is 118 Å². The summed E-state index contributed by atoms with van der Waals surface area (Å²) in [4.78, 5) is 2.38. The first-order valence-corrected chi connectivity index (χ1v) is 7.55. The highest BCUT2D eigenvalue weighted by Gasteiger charge is 2.20. The Balaban J connectivity index is 2.09. The normalized spacial score (nSPS) is 15.2. The number of nitrogens with zero attached hydrogens (tertiary/aromatic N) is 1. The molecular formula is C17H28N2. The molecule has 0 aliphatic heterocycles. The van der Waals surface area contributed by atoms with E-state index >= 15 is 0 Å². The first-order chi connectivity index (χ1) is 9.02. The van der Waals surface area contributed by atoms with Crippen LogP contribution in [0.25, 0.3) is 0 Å². The molecule has 106 valence electrons. The fourth-order valence-electron chi connectivity index (χ4n) is 3.16. The Morgan fingerprint density at radius 3 is 2.53 bits per heavy atom. The van der Waals surface area contributed by atoms with Crippen molar-refractivity contribution in [3.8, 4) is 0 Å². The number of anilines is 1. The van der Waals surface area contributed by atoms with Gasteiger partial charge < -0.3 is 10.6 Å². The summed E-state index contributed by atoms with van der Waals surface area (Å²) in [5.74, 6) is 0. The van der Waals surface area contributed by atoms with Gasteiger partial charge in [0.1, 0.15) is 0 Å². The van der Waals surface area contributed by atoms with Gasteiger partial charge in [-0.2, -0.15) is 0 Å². The van der Waals surface area contributed by atoms with Crippen LogP contribution in [0.4, 0.5) is 5.69 Å². The van der Waals surface area contributed by atoms with Crippen LogP contribution < -0.4 is 10.6 Å². The average molecular weight is 260 g/mol. The third-order valence-corrected chi connectivity index (χ3v) is 4.26. The highest BCUT2D eigenvalue weighted by atomic mass is 15.1. The van der Waals surface area contributed by atoms with E-state index in [4.69, 9.17) is 5.73 Å². The van der Waals surface area contributed by atoms with Crippen molar-refractivity contribution in [3.63, 3.8) is 0 Å². The molecule has 0 atom stereocenters.